The molecule has 0 aliphatic carbocycles. The van der Waals surface area contributed by atoms with Crippen LogP contribution < -0.4 is 0 Å². The zero-order valence-corrected chi connectivity index (χ0v) is 44.0. The maximum Gasteiger partial charge on any atom is 0.306 e. The van der Waals surface area contributed by atoms with Gasteiger partial charge in [-0.1, -0.05) is 286 Å². The Bertz CT molecular complexity index is 1130. The molecule has 384 valence electrons. The topological polar surface area (TPSA) is 72.8 Å². The molecule has 0 radical (unpaired) electrons. The van der Waals surface area contributed by atoms with Crippen molar-refractivity contribution in [1.29, 1.82) is 0 Å². The second kappa shape index (κ2) is 56.9. The highest BCUT2D eigenvalue weighted by atomic mass is 16.6. The highest BCUT2D eigenvalue weighted by molar-refractivity contribution is 5.70. The SMILES string of the molecule is CC/C=C\C/C=C\C/C=C\C/C=C\C/C=C\CCCCCCCCCCCCCCCCCCCCCC(=O)OC(CO)COC(=O)CCCCCCCCCCCCCCCCCCC. The van der Waals surface area contributed by atoms with E-state index < -0.39 is 6.10 Å². The van der Waals surface area contributed by atoms with Gasteiger partial charge in [0, 0.05) is 12.8 Å². The van der Waals surface area contributed by atoms with Gasteiger partial charge in [-0.25, -0.2) is 0 Å². The first-order valence-corrected chi connectivity index (χ1v) is 28.8. The van der Waals surface area contributed by atoms with Crippen LogP contribution in [0.15, 0.2) is 60.8 Å². The van der Waals surface area contributed by atoms with Gasteiger partial charge in [-0.05, 0) is 57.8 Å². The van der Waals surface area contributed by atoms with E-state index in [1.807, 2.05) is 0 Å². The molecule has 5 heteroatoms. The predicted molar refractivity (Wildman–Crippen MR) is 288 cm³/mol. The number of allylic oxidation sites excluding steroid dienone is 10. The van der Waals surface area contributed by atoms with Gasteiger partial charge in [0.15, 0.2) is 6.10 Å². The Morgan fingerprint density at radius 1 is 0.364 bits per heavy atom. The molecule has 1 atom stereocenters. The molecule has 0 aromatic rings. The Hall–Kier alpha value is -2.40. The molecule has 0 spiro atoms. The Morgan fingerprint density at radius 3 is 0.985 bits per heavy atom. The smallest absolute Gasteiger partial charge is 0.306 e. The molecule has 0 saturated carbocycles. The van der Waals surface area contributed by atoms with Gasteiger partial charge >= 0.3 is 11.9 Å². The highest BCUT2D eigenvalue weighted by Gasteiger charge is 2.16. The van der Waals surface area contributed by atoms with Crippen molar-refractivity contribution in [1.82, 2.24) is 0 Å². The lowest BCUT2D eigenvalue weighted by Gasteiger charge is -2.15. The number of rotatable bonds is 53. The number of aliphatic hydroxyl groups is 1. The van der Waals surface area contributed by atoms with Crippen molar-refractivity contribution in [3.8, 4) is 0 Å². The van der Waals surface area contributed by atoms with E-state index in [9.17, 15) is 14.7 Å². The standard InChI is InChI=1S/C61H110O5/c1-3-5-7-9-11-13-15-17-19-21-22-23-24-25-26-27-28-29-30-31-32-33-34-35-36-37-38-40-42-44-46-48-50-52-54-56-61(64)66-59(57-62)58-65-60(63)55-53-51-49-47-45-43-41-39-20-18-16-14-12-10-8-6-4-2/h5,7,11,13,17,19,22-23,25-26,59,62H,3-4,6,8-10,12,14-16,18,20-21,24,27-58H2,1-2H3/b7-5-,13-11-,19-17-,23-22-,26-25-. The van der Waals surface area contributed by atoms with E-state index >= 15 is 0 Å². The molecule has 0 fully saturated rings. The molecule has 0 aliphatic rings. The first-order valence-electron chi connectivity index (χ1n) is 28.8. The monoisotopic (exact) mass is 923 g/mol. The number of aliphatic hydroxyl groups excluding tert-OH is 1. The molecule has 0 saturated heterocycles. The number of esters is 2. The lowest BCUT2D eigenvalue weighted by molar-refractivity contribution is -0.161. The van der Waals surface area contributed by atoms with Crippen LogP contribution in [-0.4, -0.2) is 36.4 Å². The molecule has 0 bridgehead atoms. The third-order valence-corrected chi connectivity index (χ3v) is 12.8. The van der Waals surface area contributed by atoms with Crippen molar-refractivity contribution in [3.63, 3.8) is 0 Å². The van der Waals surface area contributed by atoms with Crippen LogP contribution in [0.4, 0.5) is 0 Å². The second-order valence-corrected chi connectivity index (χ2v) is 19.3. The Morgan fingerprint density at radius 2 is 0.652 bits per heavy atom. The van der Waals surface area contributed by atoms with Gasteiger partial charge in [0.05, 0.1) is 6.61 Å². The highest BCUT2D eigenvalue weighted by Crippen LogP contribution is 2.17. The van der Waals surface area contributed by atoms with E-state index in [1.54, 1.807) is 0 Å². The lowest BCUT2D eigenvalue weighted by atomic mass is 10.0. The Kier molecular flexibility index (Phi) is 54.9. The summed E-state index contributed by atoms with van der Waals surface area (Å²) in [6, 6.07) is 0. The molecule has 1 unspecified atom stereocenters. The van der Waals surface area contributed by atoms with Gasteiger partial charge in [-0.15, -0.1) is 0 Å². The molecule has 5 nitrogen and oxygen atoms in total. The summed E-state index contributed by atoms with van der Waals surface area (Å²) in [5.41, 5.74) is 0. The minimum Gasteiger partial charge on any atom is -0.462 e. The minimum atomic E-state index is -0.769. The maximum atomic E-state index is 12.3. The van der Waals surface area contributed by atoms with Crippen molar-refractivity contribution in [2.75, 3.05) is 13.2 Å². The van der Waals surface area contributed by atoms with Crippen molar-refractivity contribution in [2.24, 2.45) is 0 Å². The fourth-order valence-electron chi connectivity index (χ4n) is 8.53. The van der Waals surface area contributed by atoms with Crippen molar-refractivity contribution >= 4 is 11.9 Å². The van der Waals surface area contributed by atoms with Crippen LogP contribution in [-0.2, 0) is 19.1 Å². The summed E-state index contributed by atoms with van der Waals surface area (Å²) in [7, 11) is 0. The Balaban J connectivity index is 3.43. The third-order valence-electron chi connectivity index (χ3n) is 12.8. The van der Waals surface area contributed by atoms with Crippen LogP contribution in [0.2, 0.25) is 0 Å². The zero-order valence-electron chi connectivity index (χ0n) is 44.0. The minimum absolute atomic E-state index is 0.0608. The van der Waals surface area contributed by atoms with Gasteiger partial charge in [-0.2, -0.15) is 0 Å². The van der Waals surface area contributed by atoms with E-state index in [2.05, 4.69) is 74.6 Å². The lowest BCUT2D eigenvalue weighted by Crippen LogP contribution is -2.28. The van der Waals surface area contributed by atoms with Gasteiger partial charge in [-0.3, -0.25) is 9.59 Å². The summed E-state index contributed by atoms with van der Waals surface area (Å²) in [5, 5.41) is 9.65. The summed E-state index contributed by atoms with van der Waals surface area (Å²) >= 11 is 0. The van der Waals surface area contributed by atoms with Crippen molar-refractivity contribution in [3.05, 3.63) is 60.8 Å². The number of hydrogen-bond acceptors (Lipinski definition) is 5. The van der Waals surface area contributed by atoms with Crippen LogP contribution in [0, 0.1) is 0 Å². The van der Waals surface area contributed by atoms with Crippen molar-refractivity contribution < 1.29 is 24.2 Å². The van der Waals surface area contributed by atoms with Crippen molar-refractivity contribution in [2.45, 2.75) is 302 Å². The molecule has 0 aromatic carbocycles. The second-order valence-electron chi connectivity index (χ2n) is 19.3. The van der Waals surface area contributed by atoms with Crippen LogP contribution in [0.3, 0.4) is 0 Å². The number of carbonyl (C=O) groups is 2. The van der Waals surface area contributed by atoms with E-state index in [1.165, 1.54) is 205 Å². The van der Waals surface area contributed by atoms with E-state index in [4.69, 9.17) is 9.47 Å². The average molecular weight is 924 g/mol. The zero-order chi connectivity index (χ0) is 47.7. The predicted octanol–water partition coefficient (Wildman–Crippen LogP) is 19.4. The maximum absolute atomic E-state index is 12.3. The van der Waals surface area contributed by atoms with E-state index in [-0.39, 0.29) is 25.2 Å². The molecule has 0 aromatic heterocycles. The Labute approximate surface area is 411 Å². The molecule has 1 N–H and O–H groups in total. The van der Waals surface area contributed by atoms with Gasteiger partial charge in [0.1, 0.15) is 6.61 Å². The largest absolute Gasteiger partial charge is 0.462 e. The summed E-state index contributed by atoms with van der Waals surface area (Å²) < 4.78 is 10.7. The molecule has 66 heavy (non-hydrogen) atoms. The molecular weight excluding hydrogens is 813 g/mol. The molecular formula is C61H110O5. The fraction of sp³-hybridized carbons (Fsp3) is 0.803. The summed E-state index contributed by atoms with van der Waals surface area (Å²) in [5.74, 6) is -0.574. The summed E-state index contributed by atoms with van der Waals surface area (Å²) in [6.07, 6.45) is 76.3. The number of hydrogen-bond donors (Lipinski definition) is 1. The van der Waals surface area contributed by atoms with Crippen LogP contribution >= 0.6 is 0 Å². The summed E-state index contributed by atoms with van der Waals surface area (Å²) in [4.78, 5) is 24.5. The van der Waals surface area contributed by atoms with Gasteiger partial charge in [0.2, 0.25) is 0 Å². The quantitative estimate of drug-likeness (QED) is 0.0374. The number of unbranched alkanes of at least 4 members (excludes halogenated alkanes) is 35. The van der Waals surface area contributed by atoms with E-state index in [0.29, 0.717) is 12.8 Å². The molecule has 0 rings (SSSR count). The van der Waals surface area contributed by atoms with Gasteiger partial charge in [0.25, 0.3) is 0 Å². The molecule has 0 heterocycles. The van der Waals surface area contributed by atoms with Crippen LogP contribution in [0.5, 0.6) is 0 Å². The van der Waals surface area contributed by atoms with Crippen LogP contribution in [0.25, 0.3) is 0 Å². The average Bonchev–Trinajstić information content (AvgIpc) is 3.32. The number of ether oxygens (including phenoxy) is 2. The third kappa shape index (κ3) is 54.2. The normalized spacial score (nSPS) is 12.6. The fourth-order valence-corrected chi connectivity index (χ4v) is 8.53. The molecule has 0 aliphatic heterocycles. The first-order chi connectivity index (χ1) is 32.6. The van der Waals surface area contributed by atoms with E-state index in [0.717, 1.165) is 64.2 Å². The summed E-state index contributed by atoms with van der Waals surface area (Å²) in [6.45, 7) is 4.06. The van der Waals surface area contributed by atoms with Crippen LogP contribution in [0.1, 0.15) is 296 Å². The first kappa shape index (κ1) is 63.6. The number of carbonyl (C=O) groups excluding carboxylic acids is 2. The van der Waals surface area contributed by atoms with Gasteiger partial charge < -0.3 is 14.6 Å². The molecule has 0 amide bonds.